The van der Waals surface area contributed by atoms with Gasteiger partial charge in [0.15, 0.2) is 0 Å². The summed E-state index contributed by atoms with van der Waals surface area (Å²) in [4.78, 5) is 4.54. The molecule has 24 heavy (non-hydrogen) atoms. The first-order chi connectivity index (χ1) is 11.7. The second-order valence-electron chi connectivity index (χ2n) is 5.34. The van der Waals surface area contributed by atoms with Crippen LogP contribution in [0, 0.1) is 12.7 Å². The van der Waals surface area contributed by atoms with Gasteiger partial charge >= 0.3 is 0 Å². The molecule has 1 N–H and O–H groups in total. The molecule has 1 aromatic heterocycles. The summed E-state index contributed by atoms with van der Waals surface area (Å²) in [6.45, 7) is 4.50. The van der Waals surface area contributed by atoms with Gasteiger partial charge < -0.3 is 4.74 Å². The summed E-state index contributed by atoms with van der Waals surface area (Å²) < 4.78 is 18.4. The second kappa shape index (κ2) is 7.08. The van der Waals surface area contributed by atoms with Gasteiger partial charge in [-0.25, -0.2) is 4.39 Å². The number of aryl methyl sites for hydroxylation is 1. The quantitative estimate of drug-likeness (QED) is 0.554. The van der Waals surface area contributed by atoms with E-state index in [9.17, 15) is 4.39 Å². The van der Waals surface area contributed by atoms with Crippen LogP contribution in [0.3, 0.4) is 0 Å². The number of hydrogen-bond acceptors (Lipinski definition) is 4. The van der Waals surface area contributed by atoms with E-state index >= 15 is 0 Å². The minimum absolute atomic E-state index is 0.263. The predicted molar refractivity (Wildman–Crippen MR) is 95.3 cm³/mol. The Morgan fingerprint density at radius 1 is 1.17 bits per heavy atom. The van der Waals surface area contributed by atoms with Crippen molar-refractivity contribution in [3.05, 3.63) is 65.6 Å². The molecule has 1 heterocycles. The molecule has 0 unspecified atom stereocenters. The van der Waals surface area contributed by atoms with Gasteiger partial charge in [-0.3, -0.25) is 10.4 Å². The summed E-state index contributed by atoms with van der Waals surface area (Å²) in [7, 11) is 0. The van der Waals surface area contributed by atoms with E-state index in [-0.39, 0.29) is 5.82 Å². The number of halogens is 1. The number of nitrogens with one attached hydrogen (secondary N) is 1. The molecule has 2 aromatic carbocycles. The van der Waals surface area contributed by atoms with Gasteiger partial charge in [-0.1, -0.05) is 12.1 Å². The fraction of sp³-hybridized carbons (Fsp3) is 0.158. The summed E-state index contributed by atoms with van der Waals surface area (Å²) in [5.74, 6) is 0.532. The normalized spacial score (nSPS) is 11.1. The van der Waals surface area contributed by atoms with E-state index in [0.29, 0.717) is 6.61 Å². The van der Waals surface area contributed by atoms with Crippen LogP contribution in [-0.2, 0) is 0 Å². The van der Waals surface area contributed by atoms with Gasteiger partial charge in [0, 0.05) is 17.1 Å². The highest BCUT2D eigenvalue weighted by molar-refractivity contribution is 5.92. The Bertz CT molecular complexity index is 876. The lowest BCUT2D eigenvalue weighted by Gasteiger charge is -2.09. The molecule has 0 aliphatic carbocycles. The van der Waals surface area contributed by atoms with Crippen LogP contribution >= 0.6 is 0 Å². The summed E-state index contributed by atoms with van der Waals surface area (Å²) in [5, 5.41) is 5.19. The van der Waals surface area contributed by atoms with Crippen LogP contribution in [0.1, 0.15) is 18.2 Å². The Morgan fingerprint density at radius 3 is 2.71 bits per heavy atom. The fourth-order valence-electron chi connectivity index (χ4n) is 2.41. The Hall–Kier alpha value is -2.95. The molecule has 0 spiro atoms. The van der Waals surface area contributed by atoms with Crippen molar-refractivity contribution in [3.63, 3.8) is 0 Å². The van der Waals surface area contributed by atoms with Crippen molar-refractivity contribution in [2.45, 2.75) is 13.8 Å². The monoisotopic (exact) mass is 323 g/mol. The zero-order valence-electron chi connectivity index (χ0n) is 13.6. The van der Waals surface area contributed by atoms with Crippen LogP contribution in [0.25, 0.3) is 10.9 Å². The second-order valence-corrected chi connectivity index (χ2v) is 5.34. The lowest BCUT2D eigenvalue weighted by atomic mass is 10.1. The Labute approximate surface area is 140 Å². The zero-order valence-corrected chi connectivity index (χ0v) is 13.6. The van der Waals surface area contributed by atoms with Crippen LogP contribution in [0.2, 0.25) is 0 Å². The molecule has 122 valence electrons. The molecule has 3 aromatic rings. The lowest BCUT2D eigenvalue weighted by Crippen LogP contribution is -1.96. The molecule has 0 fully saturated rings. The third-order valence-electron chi connectivity index (χ3n) is 3.49. The molecule has 0 saturated heterocycles. The van der Waals surface area contributed by atoms with E-state index in [2.05, 4.69) is 15.5 Å². The molecule has 5 heteroatoms. The van der Waals surface area contributed by atoms with Gasteiger partial charge in [0.25, 0.3) is 0 Å². The minimum Gasteiger partial charge on any atom is -0.494 e. The number of fused-ring (bicyclic) bond motifs is 1. The van der Waals surface area contributed by atoms with Crippen molar-refractivity contribution in [2.75, 3.05) is 12.0 Å². The molecule has 0 saturated carbocycles. The van der Waals surface area contributed by atoms with E-state index in [1.807, 2.05) is 38.1 Å². The molecule has 0 atom stereocenters. The largest absolute Gasteiger partial charge is 0.494 e. The minimum atomic E-state index is -0.263. The fourth-order valence-corrected chi connectivity index (χ4v) is 2.41. The number of aromatic nitrogens is 1. The number of hydrogen-bond donors (Lipinski definition) is 1. The summed E-state index contributed by atoms with van der Waals surface area (Å²) in [6.07, 6.45) is 1.65. The molecule has 0 radical (unpaired) electrons. The van der Waals surface area contributed by atoms with Gasteiger partial charge in [-0.2, -0.15) is 5.10 Å². The number of pyridine rings is 1. The van der Waals surface area contributed by atoms with Gasteiger partial charge in [-0.15, -0.1) is 0 Å². The van der Waals surface area contributed by atoms with Crippen molar-refractivity contribution < 1.29 is 9.13 Å². The standard InChI is InChI=1S/C19H18FN3O/c1-3-24-16-8-9-17-18(11-16)22-13(2)10-19(17)23-21-12-14-4-6-15(20)7-5-14/h4-12H,3H2,1-2H3,(H,22,23)/b21-12+. The number of hydrazone groups is 1. The van der Waals surface area contributed by atoms with Gasteiger partial charge in [0.05, 0.1) is 24.0 Å². The first kappa shape index (κ1) is 15.9. The third-order valence-corrected chi connectivity index (χ3v) is 3.49. The van der Waals surface area contributed by atoms with Crippen molar-refractivity contribution in [1.29, 1.82) is 0 Å². The van der Waals surface area contributed by atoms with Crippen LogP contribution in [0.5, 0.6) is 5.75 Å². The smallest absolute Gasteiger partial charge is 0.123 e. The first-order valence-corrected chi connectivity index (χ1v) is 7.74. The topological polar surface area (TPSA) is 46.5 Å². The van der Waals surface area contributed by atoms with Crippen LogP contribution < -0.4 is 10.2 Å². The van der Waals surface area contributed by atoms with Crippen molar-refractivity contribution in [1.82, 2.24) is 4.98 Å². The molecule has 0 aliphatic rings. The summed E-state index contributed by atoms with van der Waals surface area (Å²) >= 11 is 0. The molecule has 3 rings (SSSR count). The van der Waals surface area contributed by atoms with Crippen LogP contribution in [0.15, 0.2) is 53.6 Å². The van der Waals surface area contributed by atoms with E-state index in [0.717, 1.165) is 33.6 Å². The highest BCUT2D eigenvalue weighted by Crippen LogP contribution is 2.26. The van der Waals surface area contributed by atoms with Crippen LogP contribution in [0.4, 0.5) is 10.1 Å². The van der Waals surface area contributed by atoms with Crippen molar-refractivity contribution >= 4 is 22.8 Å². The zero-order chi connectivity index (χ0) is 16.9. The Kier molecular flexibility index (Phi) is 4.70. The number of nitrogens with zero attached hydrogens (tertiary/aromatic N) is 2. The molecular weight excluding hydrogens is 305 g/mol. The SMILES string of the molecule is CCOc1ccc2c(N/N=C/c3ccc(F)cc3)cc(C)nc2c1. The number of ether oxygens (including phenoxy) is 1. The van der Waals surface area contributed by atoms with E-state index in [1.54, 1.807) is 18.3 Å². The van der Waals surface area contributed by atoms with Gasteiger partial charge in [-0.05, 0) is 49.7 Å². The summed E-state index contributed by atoms with van der Waals surface area (Å²) in [6, 6.07) is 13.9. The van der Waals surface area contributed by atoms with E-state index in [1.165, 1.54) is 12.1 Å². The maximum atomic E-state index is 12.9. The average molecular weight is 323 g/mol. The highest BCUT2D eigenvalue weighted by Gasteiger charge is 2.05. The molecule has 0 amide bonds. The molecule has 0 bridgehead atoms. The van der Waals surface area contributed by atoms with Gasteiger partial charge in [0.1, 0.15) is 11.6 Å². The van der Waals surface area contributed by atoms with Gasteiger partial charge in [0.2, 0.25) is 0 Å². The Balaban J connectivity index is 1.86. The number of benzene rings is 2. The first-order valence-electron chi connectivity index (χ1n) is 7.74. The average Bonchev–Trinajstić information content (AvgIpc) is 2.56. The maximum absolute atomic E-state index is 12.9. The van der Waals surface area contributed by atoms with E-state index in [4.69, 9.17) is 4.74 Å². The number of rotatable bonds is 5. The van der Waals surface area contributed by atoms with E-state index < -0.39 is 0 Å². The Morgan fingerprint density at radius 2 is 1.96 bits per heavy atom. The maximum Gasteiger partial charge on any atom is 0.123 e. The van der Waals surface area contributed by atoms with Crippen molar-refractivity contribution in [3.8, 4) is 5.75 Å². The van der Waals surface area contributed by atoms with Crippen LogP contribution in [-0.4, -0.2) is 17.8 Å². The third kappa shape index (κ3) is 3.68. The molecule has 0 aliphatic heterocycles. The number of anilines is 1. The predicted octanol–water partition coefficient (Wildman–Crippen LogP) is 4.53. The lowest BCUT2D eigenvalue weighted by molar-refractivity contribution is 0.340. The molecular formula is C19H18FN3O. The van der Waals surface area contributed by atoms with Crippen molar-refractivity contribution in [2.24, 2.45) is 5.10 Å². The summed E-state index contributed by atoms with van der Waals surface area (Å²) in [5.41, 5.74) is 6.45. The highest BCUT2D eigenvalue weighted by atomic mass is 19.1. The molecule has 4 nitrogen and oxygen atoms in total.